The summed E-state index contributed by atoms with van der Waals surface area (Å²) in [5, 5.41) is 23.3. The van der Waals surface area contributed by atoms with E-state index in [1.807, 2.05) is 99.6 Å². The molecule has 0 unspecified atom stereocenters. The number of amides is 8. The molecule has 1 fully saturated rings. The molecule has 1 saturated heterocycles. The number of hydrogen-bond acceptors (Lipinski definition) is 20. The van der Waals surface area contributed by atoms with Crippen LogP contribution in [-0.4, -0.2) is 88.5 Å². The highest BCUT2D eigenvalue weighted by molar-refractivity contribution is 7.20. The molecule has 8 aromatic carbocycles. The Morgan fingerprint density at radius 2 is 0.715 bits per heavy atom. The van der Waals surface area contributed by atoms with Gasteiger partial charge in [-0.2, -0.15) is 13.2 Å². The van der Waals surface area contributed by atoms with Crippen LogP contribution in [0.4, 0.5) is 106 Å². The normalized spacial score (nSPS) is 11.7. The van der Waals surface area contributed by atoms with Gasteiger partial charge in [-0.3, -0.25) is 19.9 Å². The fraction of sp³-hybridized carbons (Fsp3) is 0.125. The highest BCUT2D eigenvalue weighted by Gasteiger charge is 2.31. The number of nitrogens with one attached hydrogen (secondary N) is 8. The van der Waals surface area contributed by atoms with Crippen LogP contribution < -0.4 is 59.7 Å². The summed E-state index contributed by atoms with van der Waals surface area (Å²) in [5.41, 5.74) is 31.4. The van der Waals surface area contributed by atoms with Crippen molar-refractivity contribution in [2.45, 2.75) is 59.1 Å². The average Bonchev–Trinajstić information content (AvgIpc) is 1.63. The SMILES string of the molecule is Cc1ccc(NC(=O)Nc2cc(-c3sc(N)nc3-c3ccncc3)ccc2F)cc1.Cc1ccc(NC(=O)Nc2cccc(-c3sc(N)nc3-c3ccncc3)c2F)cc1.Cc1ccc(NC(=O)Nc2cccc(-c3sc(N)nc3-c3ccncc3)c2F)cc1.O=C(Nc1ccc(C(F)(F)F)cc1)Nc1cccc(-c2sc(CCCN3CCCCC3)nc2-c2ccncc2)c1. The number of aryl methyl sites for hydroxylation is 4. The largest absolute Gasteiger partial charge is 0.416 e. The van der Waals surface area contributed by atoms with Crippen LogP contribution in [0.3, 0.4) is 0 Å². The smallest absolute Gasteiger partial charge is 0.375 e. The number of piperidine rings is 1. The molecule has 8 amide bonds. The summed E-state index contributed by atoms with van der Waals surface area (Å²) in [5.74, 6) is -1.66. The zero-order valence-electron chi connectivity index (χ0n) is 69.9. The maximum atomic E-state index is 15.3. The fourth-order valence-corrected chi connectivity index (χ4v) is 17.3. The van der Waals surface area contributed by atoms with Gasteiger partial charge in [0.25, 0.3) is 0 Å². The molecule has 0 saturated carbocycles. The van der Waals surface area contributed by atoms with Crippen molar-refractivity contribution in [1.82, 2.24) is 44.8 Å². The Hall–Kier alpha value is -15.1. The molecule has 658 valence electrons. The number of carbonyl (C=O) groups excluding carboxylic acids is 4. The Kier molecular flexibility index (Phi) is 30.1. The van der Waals surface area contributed by atoms with Gasteiger partial charge in [-0.1, -0.05) is 136 Å². The topological polar surface area (TPSA) is 349 Å². The summed E-state index contributed by atoms with van der Waals surface area (Å²) >= 11 is 5.32. The Labute approximate surface area is 759 Å². The van der Waals surface area contributed by atoms with Crippen LogP contribution in [0.25, 0.3) is 86.8 Å². The van der Waals surface area contributed by atoms with E-state index in [1.165, 1.54) is 96.7 Å². The molecular formula is C96H84F6N20O4S4. The lowest BCUT2D eigenvalue weighted by Gasteiger charge is -2.26. The number of nitrogens with zero attached hydrogens (tertiary/aromatic N) is 9. The van der Waals surface area contributed by atoms with Crippen molar-refractivity contribution >= 4 is 130 Å². The third kappa shape index (κ3) is 24.6. The van der Waals surface area contributed by atoms with Gasteiger partial charge < -0.3 is 64.6 Å². The molecule has 0 aliphatic carbocycles. The maximum absolute atomic E-state index is 15.3. The quantitative estimate of drug-likeness (QED) is 0.0316. The second-order valence-electron chi connectivity index (χ2n) is 29.5. The molecule has 0 bridgehead atoms. The van der Waals surface area contributed by atoms with Gasteiger partial charge in [-0.25, -0.2) is 52.3 Å². The summed E-state index contributed by atoms with van der Waals surface area (Å²) in [7, 11) is 0. The van der Waals surface area contributed by atoms with E-state index in [2.05, 4.69) is 82.3 Å². The van der Waals surface area contributed by atoms with E-state index < -0.39 is 53.3 Å². The molecule has 1 aliphatic heterocycles. The molecular weight excluding hydrogens is 1740 g/mol. The lowest BCUT2D eigenvalue weighted by molar-refractivity contribution is -0.137. The molecule has 17 rings (SSSR count). The van der Waals surface area contributed by atoms with Crippen LogP contribution in [0.1, 0.15) is 52.9 Å². The molecule has 14 N–H and O–H groups in total. The van der Waals surface area contributed by atoms with Crippen LogP contribution in [0.5, 0.6) is 0 Å². The van der Waals surface area contributed by atoms with Gasteiger partial charge in [-0.15, -0.1) is 11.3 Å². The van der Waals surface area contributed by atoms with E-state index in [0.29, 0.717) is 81.7 Å². The zero-order chi connectivity index (χ0) is 91.2. The van der Waals surface area contributed by atoms with Crippen molar-refractivity contribution in [3.63, 3.8) is 0 Å². The van der Waals surface area contributed by atoms with Gasteiger partial charge >= 0.3 is 30.3 Å². The molecule has 0 radical (unpaired) electrons. The minimum atomic E-state index is -4.43. The van der Waals surface area contributed by atoms with Gasteiger partial charge in [0.15, 0.2) is 27.0 Å². The number of halogens is 6. The van der Waals surface area contributed by atoms with Gasteiger partial charge in [0, 0.05) is 118 Å². The first-order valence-electron chi connectivity index (χ1n) is 40.7. The minimum Gasteiger partial charge on any atom is -0.375 e. The van der Waals surface area contributed by atoms with Crippen molar-refractivity contribution in [3.8, 4) is 86.8 Å². The Morgan fingerprint density at radius 3 is 1.14 bits per heavy atom. The van der Waals surface area contributed by atoms with Crippen molar-refractivity contribution in [2.75, 3.05) is 79.4 Å². The number of aromatic nitrogens is 8. The number of alkyl halides is 3. The standard InChI is InChI=1S/C30H30F3N5OS.3C22H18FN5OS/c31-30(32,33)23-9-11-24(12-10-23)35-29(39)36-25-7-4-6-22(20-25)28-27(21-13-15-34-16-14-21)37-26(40-28)8-5-19-38-17-2-1-3-18-38;1-13-2-5-16(6-3-13)26-22(29)27-18-12-15(4-7-17(18)23)20-19(28-21(24)30-20)14-8-10-25-11-9-14;2*1-13-5-7-15(8-6-13)26-22(29)27-17-4-2-3-16(18(17)23)20-19(28-21(24)30-20)14-9-11-25-12-10-14/h4,6-7,9-16,20H,1-3,5,8,17-19H2,(H2,35,36,39);3*2-12H,1H3,(H2,24,28)(H2,26,27,29). The first-order valence-corrected chi connectivity index (χ1v) is 43.9. The number of thiazole rings is 4. The minimum absolute atomic E-state index is 0.0600. The van der Waals surface area contributed by atoms with Crippen molar-refractivity contribution in [1.29, 1.82) is 0 Å². The average molecular weight is 1820 g/mol. The monoisotopic (exact) mass is 1820 g/mol. The zero-order valence-corrected chi connectivity index (χ0v) is 73.2. The number of anilines is 11. The second kappa shape index (κ2) is 42.9. The number of carbonyl (C=O) groups is 4. The van der Waals surface area contributed by atoms with E-state index in [1.54, 1.807) is 164 Å². The van der Waals surface area contributed by atoms with Crippen molar-refractivity contribution in [2.24, 2.45) is 0 Å². The number of benzene rings is 8. The highest BCUT2D eigenvalue weighted by atomic mass is 32.1. The molecule has 130 heavy (non-hydrogen) atoms. The molecule has 8 aromatic heterocycles. The van der Waals surface area contributed by atoms with Gasteiger partial charge in [0.1, 0.15) is 5.82 Å². The van der Waals surface area contributed by atoms with E-state index >= 15 is 8.78 Å². The summed E-state index contributed by atoms with van der Waals surface area (Å²) in [6.45, 7) is 9.30. The molecule has 16 aromatic rings. The van der Waals surface area contributed by atoms with E-state index in [9.17, 15) is 36.7 Å². The summed E-state index contributed by atoms with van der Waals surface area (Å²) in [4.78, 5) is 89.3. The first kappa shape index (κ1) is 91.1. The molecule has 24 nitrogen and oxygen atoms in total. The lowest BCUT2D eigenvalue weighted by atomic mass is 10.1. The molecule has 34 heteroatoms. The Bertz CT molecular complexity index is 6300. The summed E-state index contributed by atoms with van der Waals surface area (Å²) < 4.78 is 83.4. The third-order valence-electron chi connectivity index (χ3n) is 20.0. The number of nitrogens with two attached hydrogens (primary N) is 3. The Morgan fingerprint density at radius 1 is 0.362 bits per heavy atom. The number of nitrogen functional groups attached to an aromatic ring is 3. The fourth-order valence-electron chi connectivity index (χ4n) is 13.6. The Balaban J connectivity index is 0.000000141. The molecule has 9 heterocycles. The van der Waals surface area contributed by atoms with Gasteiger partial charge in [0.05, 0.1) is 69.9 Å². The predicted molar refractivity (Wildman–Crippen MR) is 510 cm³/mol. The predicted octanol–water partition coefficient (Wildman–Crippen LogP) is 24.6. The summed E-state index contributed by atoms with van der Waals surface area (Å²) in [6.07, 6.45) is 14.8. The summed E-state index contributed by atoms with van der Waals surface area (Å²) in [6, 6.07) is 60.4. The van der Waals surface area contributed by atoms with Gasteiger partial charge in [-0.05, 0) is 216 Å². The number of urea groups is 4. The lowest BCUT2D eigenvalue weighted by Crippen LogP contribution is -2.30. The first-order chi connectivity index (χ1) is 62.9. The van der Waals surface area contributed by atoms with Crippen LogP contribution in [0.2, 0.25) is 0 Å². The molecule has 0 atom stereocenters. The van der Waals surface area contributed by atoms with Crippen LogP contribution in [0, 0.1) is 38.2 Å². The molecule has 0 spiro atoms. The second-order valence-corrected chi connectivity index (χ2v) is 33.7. The third-order valence-corrected chi connectivity index (χ3v) is 23.9. The molecule has 1 aliphatic rings. The van der Waals surface area contributed by atoms with E-state index in [0.717, 1.165) is 96.5 Å². The van der Waals surface area contributed by atoms with Crippen molar-refractivity contribution < 1.29 is 45.5 Å². The van der Waals surface area contributed by atoms with Crippen LogP contribution in [0.15, 0.2) is 274 Å². The maximum Gasteiger partial charge on any atom is 0.416 e. The number of rotatable bonds is 20. The van der Waals surface area contributed by atoms with Gasteiger partial charge in [0.2, 0.25) is 0 Å². The van der Waals surface area contributed by atoms with Crippen LogP contribution in [-0.2, 0) is 12.6 Å². The number of likely N-dealkylation sites (tertiary alicyclic amines) is 1. The van der Waals surface area contributed by atoms with Crippen LogP contribution >= 0.6 is 45.3 Å². The number of pyridine rings is 4. The van der Waals surface area contributed by atoms with Crippen molar-refractivity contribution in [3.05, 3.63) is 319 Å². The number of hydrogen-bond donors (Lipinski definition) is 11. The highest BCUT2D eigenvalue weighted by Crippen LogP contribution is 2.45. The van der Waals surface area contributed by atoms with E-state index in [4.69, 9.17) is 22.2 Å². The van der Waals surface area contributed by atoms with E-state index in [-0.39, 0.29) is 22.7 Å².